The molecule has 0 amide bonds. The van der Waals surface area contributed by atoms with E-state index in [0.717, 1.165) is 19.0 Å². The molecular formula is C10H22N2O. The van der Waals surface area contributed by atoms with E-state index in [1.807, 2.05) is 6.92 Å². The molecule has 0 bridgehead atoms. The number of hydrogen-bond acceptors (Lipinski definition) is 3. The summed E-state index contributed by atoms with van der Waals surface area (Å²) in [6.07, 6.45) is 2.37. The summed E-state index contributed by atoms with van der Waals surface area (Å²) in [6.45, 7) is 6.06. The molecule has 0 radical (unpaired) electrons. The zero-order chi connectivity index (χ0) is 9.68. The van der Waals surface area contributed by atoms with E-state index in [1.165, 1.54) is 25.9 Å². The molecule has 0 aliphatic carbocycles. The molecule has 3 heteroatoms. The highest BCUT2D eigenvalue weighted by Gasteiger charge is 2.15. The van der Waals surface area contributed by atoms with Crippen LogP contribution < -0.4 is 5.32 Å². The zero-order valence-corrected chi connectivity index (χ0v) is 8.79. The Hall–Kier alpha value is -0.120. The summed E-state index contributed by atoms with van der Waals surface area (Å²) in [6, 6.07) is 0. The molecule has 0 unspecified atom stereocenters. The lowest BCUT2D eigenvalue weighted by atomic mass is 9.97. The van der Waals surface area contributed by atoms with Crippen molar-refractivity contribution in [2.24, 2.45) is 5.92 Å². The fourth-order valence-electron chi connectivity index (χ4n) is 1.76. The van der Waals surface area contributed by atoms with Crippen molar-refractivity contribution < 1.29 is 5.11 Å². The van der Waals surface area contributed by atoms with Gasteiger partial charge >= 0.3 is 0 Å². The van der Waals surface area contributed by atoms with Crippen LogP contribution in [0, 0.1) is 5.92 Å². The Morgan fingerprint density at radius 2 is 2.08 bits per heavy atom. The van der Waals surface area contributed by atoms with Crippen molar-refractivity contribution in [2.75, 3.05) is 33.2 Å². The Bertz CT molecular complexity index is 131. The van der Waals surface area contributed by atoms with Gasteiger partial charge in [0, 0.05) is 6.54 Å². The lowest BCUT2D eigenvalue weighted by Crippen LogP contribution is -2.36. The molecule has 0 aromatic carbocycles. The van der Waals surface area contributed by atoms with Crippen LogP contribution in [0.15, 0.2) is 0 Å². The Morgan fingerprint density at radius 3 is 2.62 bits per heavy atom. The number of rotatable bonds is 4. The Kier molecular flexibility index (Phi) is 4.70. The van der Waals surface area contributed by atoms with Crippen molar-refractivity contribution in [1.82, 2.24) is 10.2 Å². The van der Waals surface area contributed by atoms with Gasteiger partial charge in [0.2, 0.25) is 0 Å². The van der Waals surface area contributed by atoms with E-state index >= 15 is 0 Å². The van der Waals surface area contributed by atoms with Gasteiger partial charge < -0.3 is 15.3 Å². The number of nitrogens with zero attached hydrogens (tertiary/aromatic N) is 1. The monoisotopic (exact) mass is 186 g/mol. The second-order valence-corrected chi connectivity index (χ2v) is 4.25. The van der Waals surface area contributed by atoms with Crippen molar-refractivity contribution in [3.63, 3.8) is 0 Å². The van der Waals surface area contributed by atoms with Crippen LogP contribution in [-0.2, 0) is 0 Å². The molecule has 1 heterocycles. The van der Waals surface area contributed by atoms with E-state index in [0.29, 0.717) is 0 Å². The third kappa shape index (κ3) is 4.60. The molecule has 0 aromatic heterocycles. The molecule has 1 rings (SSSR count). The molecule has 78 valence electrons. The highest BCUT2D eigenvalue weighted by Crippen LogP contribution is 2.14. The van der Waals surface area contributed by atoms with Crippen LogP contribution in [0.5, 0.6) is 0 Å². The summed E-state index contributed by atoms with van der Waals surface area (Å²) in [7, 11) is 2.18. The normalized spacial score (nSPS) is 23.3. The van der Waals surface area contributed by atoms with Gasteiger partial charge in [-0.15, -0.1) is 0 Å². The second-order valence-electron chi connectivity index (χ2n) is 4.25. The van der Waals surface area contributed by atoms with Crippen LogP contribution in [0.3, 0.4) is 0 Å². The van der Waals surface area contributed by atoms with E-state index in [1.54, 1.807) is 0 Å². The molecule has 0 aromatic rings. The smallest absolute Gasteiger partial charge is 0.0636 e. The van der Waals surface area contributed by atoms with E-state index in [2.05, 4.69) is 17.3 Å². The van der Waals surface area contributed by atoms with Crippen LogP contribution >= 0.6 is 0 Å². The first kappa shape index (κ1) is 11.0. The highest BCUT2D eigenvalue weighted by atomic mass is 16.3. The van der Waals surface area contributed by atoms with Gasteiger partial charge in [-0.05, 0) is 52.4 Å². The Labute approximate surface area is 81.1 Å². The predicted octanol–water partition coefficient (Wildman–Crippen LogP) is 0.299. The number of nitrogens with one attached hydrogen (secondary N) is 1. The van der Waals surface area contributed by atoms with Gasteiger partial charge in [-0.2, -0.15) is 0 Å². The molecule has 1 atom stereocenters. The Morgan fingerprint density at radius 1 is 1.46 bits per heavy atom. The SMILES string of the molecule is C[C@@H](O)CNCC1CCN(C)CC1. The highest BCUT2D eigenvalue weighted by molar-refractivity contribution is 4.71. The van der Waals surface area contributed by atoms with Gasteiger partial charge in [0.1, 0.15) is 0 Å². The molecule has 1 aliphatic rings. The van der Waals surface area contributed by atoms with Crippen LogP contribution in [0.4, 0.5) is 0 Å². The average molecular weight is 186 g/mol. The minimum atomic E-state index is -0.216. The van der Waals surface area contributed by atoms with Crippen LogP contribution in [0.1, 0.15) is 19.8 Å². The van der Waals surface area contributed by atoms with E-state index < -0.39 is 0 Å². The molecule has 2 N–H and O–H groups in total. The van der Waals surface area contributed by atoms with Crippen LogP contribution in [0.25, 0.3) is 0 Å². The molecule has 1 saturated heterocycles. The first-order chi connectivity index (χ1) is 6.18. The summed E-state index contributed by atoms with van der Waals surface area (Å²) in [4.78, 5) is 2.38. The fourth-order valence-corrected chi connectivity index (χ4v) is 1.76. The third-order valence-electron chi connectivity index (χ3n) is 2.71. The summed E-state index contributed by atoms with van der Waals surface area (Å²) >= 11 is 0. The maximum Gasteiger partial charge on any atom is 0.0636 e. The van der Waals surface area contributed by atoms with E-state index in [-0.39, 0.29) is 6.10 Å². The summed E-state index contributed by atoms with van der Waals surface area (Å²) < 4.78 is 0. The molecule has 0 saturated carbocycles. The third-order valence-corrected chi connectivity index (χ3v) is 2.71. The lowest BCUT2D eigenvalue weighted by Gasteiger charge is -2.29. The first-order valence-corrected chi connectivity index (χ1v) is 5.26. The van der Waals surface area contributed by atoms with Crippen molar-refractivity contribution >= 4 is 0 Å². The van der Waals surface area contributed by atoms with Gasteiger partial charge in [-0.25, -0.2) is 0 Å². The number of likely N-dealkylation sites (tertiary alicyclic amines) is 1. The van der Waals surface area contributed by atoms with Gasteiger partial charge in [-0.3, -0.25) is 0 Å². The lowest BCUT2D eigenvalue weighted by molar-refractivity contribution is 0.179. The zero-order valence-electron chi connectivity index (χ0n) is 8.79. The van der Waals surface area contributed by atoms with Crippen molar-refractivity contribution in [3.05, 3.63) is 0 Å². The standard InChI is InChI=1S/C10H22N2O/c1-9(13)7-11-8-10-3-5-12(2)6-4-10/h9-11,13H,3-8H2,1-2H3/t9-/m1/s1. The first-order valence-electron chi connectivity index (χ1n) is 5.26. The molecule has 3 nitrogen and oxygen atoms in total. The van der Waals surface area contributed by atoms with Crippen molar-refractivity contribution in [1.29, 1.82) is 0 Å². The largest absolute Gasteiger partial charge is 0.392 e. The molecule has 1 aliphatic heterocycles. The van der Waals surface area contributed by atoms with E-state index in [4.69, 9.17) is 5.11 Å². The van der Waals surface area contributed by atoms with E-state index in [9.17, 15) is 0 Å². The van der Waals surface area contributed by atoms with Gasteiger partial charge in [-0.1, -0.05) is 0 Å². The summed E-state index contributed by atoms with van der Waals surface area (Å²) in [5, 5.41) is 12.4. The molecule has 13 heavy (non-hydrogen) atoms. The minimum absolute atomic E-state index is 0.216. The molecule has 0 spiro atoms. The van der Waals surface area contributed by atoms with Crippen molar-refractivity contribution in [2.45, 2.75) is 25.9 Å². The number of aliphatic hydroxyl groups excluding tert-OH is 1. The van der Waals surface area contributed by atoms with Gasteiger partial charge in [0.15, 0.2) is 0 Å². The fraction of sp³-hybridized carbons (Fsp3) is 1.00. The predicted molar refractivity (Wildman–Crippen MR) is 54.8 cm³/mol. The maximum absolute atomic E-state index is 9.05. The topological polar surface area (TPSA) is 35.5 Å². The maximum atomic E-state index is 9.05. The average Bonchev–Trinajstić information content (AvgIpc) is 2.08. The minimum Gasteiger partial charge on any atom is -0.392 e. The number of hydrogen-bond donors (Lipinski definition) is 2. The molecule has 1 fully saturated rings. The quantitative estimate of drug-likeness (QED) is 0.663. The molecular weight excluding hydrogens is 164 g/mol. The van der Waals surface area contributed by atoms with Crippen molar-refractivity contribution in [3.8, 4) is 0 Å². The summed E-state index contributed by atoms with van der Waals surface area (Å²) in [5.74, 6) is 0.815. The number of piperidine rings is 1. The second kappa shape index (κ2) is 5.58. The van der Waals surface area contributed by atoms with Gasteiger partial charge in [0.05, 0.1) is 6.10 Å². The Balaban J connectivity index is 2.02. The van der Waals surface area contributed by atoms with Gasteiger partial charge in [0.25, 0.3) is 0 Å². The van der Waals surface area contributed by atoms with Crippen LogP contribution in [0.2, 0.25) is 0 Å². The summed E-state index contributed by atoms with van der Waals surface area (Å²) in [5.41, 5.74) is 0. The number of aliphatic hydroxyl groups is 1. The van der Waals surface area contributed by atoms with Crippen LogP contribution in [-0.4, -0.2) is 49.3 Å².